The molecule has 1 rings (SSSR count). The van der Waals surface area contributed by atoms with Crippen LogP contribution in [0.25, 0.3) is 0 Å². The predicted molar refractivity (Wildman–Crippen MR) is 74.3 cm³/mol. The van der Waals surface area contributed by atoms with Crippen molar-refractivity contribution in [2.45, 2.75) is 22.8 Å². The van der Waals surface area contributed by atoms with Gasteiger partial charge in [-0.1, -0.05) is 6.07 Å². The summed E-state index contributed by atoms with van der Waals surface area (Å²) in [6.07, 6.45) is 0. The highest BCUT2D eigenvalue weighted by Crippen LogP contribution is 2.15. The van der Waals surface area contributed by atoms with Crippen molar-refractivity contribution < 1.29 is 21.6 Å². The third kappa shape index (κ3) is 4.25. The smallest absolute Gasteiger partial charge is 0.240 e. The molecule has 1 aromatic rings. The average Bonchev–Trinajstić information content (AvgIpc) is 2.38. The molecule has 0 saturated carbocycles. The lowest BCUT2D eigenvalue weighted by atomic mass is 10.4. The summed E-state index contributed by atoms with van der Waals surface area (Å²) in [7, 11) is -4.76. The largest absolute Gasteiger partial charge is 0.383 e. The Morgan fingerprint density at radius 3 is 2.20 bits per heavy atom. The number of sulfonamides is 2. The molecule has 114 valence electrons. The molecular formula is C11H18N2O5S2. The summed E-state index contributed by atoms with van der Waals surface area (Å²) in [5.74, 6) is 0. The molecule has 0 unspecified atom stereocenters. The van der Waals surface area contributed by atoms with E-state index in [2.05, 4.69) is 9.44 Å². The summed E-state index contributed by atoms with van der Waals surface area (Å²) < 4.78 is 56.9. The number of ether oxygens (including phenoxy) is 1. The van der Waals surface area contributed by atoms with Crippen LogP contribution in [0.3, 0.4) is 0 Å². The van der Waals surface area contributed by atoms with Crippen LogP contribution in [0.2, 0.25) is 0 Å². The topological polar surface area (TPSA) is 102 Å². The number of benzene rings is 1. The van der Waals surface area contributed by atoms with Crippen LogP contribution in [0.5, 0.6) is 0 Å². The molecule has 1 atom stereocenters. The van der Waals surface area contributed by atoms with Crippen LogP contribution in [0.1, 0.15) is 6.92 Å². The van der Waals surface area contributed by atoms with Gasteiger partial charge in [-0.25, -0.2) is 26.3 Å². The molecule has 2 N–H and O–H groups in total. The van der Waals surface area contributed by atoms with E-state index in [-0.39, 0.29) is 16.4 Å². The minimum absolute atomic E-state index is 0.109. The fourth-order valence-electron chi connectivity index (χ4n) is 1.54. The second kappa shape index (κ2) is 6.64. The molecular weight excluding hydrogens is 304 g/mol. The number of hydrogen-bond donors (Lipinski definition) is 2. The number of hydrogen-bond acceptors (Lipinski definition) is 5. The van der Waals surface area contributed by atoms with E-state index in [0.717, 1.165) is 6.07 Å². The lowest BCUT2D eigenvalue weighted by Gasteiger charge is -2.13. The molecule has 9 heteroatoms. The van der Waals surface area contributed by atoms with E-state index in [1.165, 1.54) is 32.4 Å². The van der Waals surface area contributed by atoms with Gasteiger partial charge < -0.3 is 4.74 Å². The Kier molecular flexibility index (Phi) is 5.66. The summed E-state index contributed by atoms with van der Waals surface area (Å²) in [4.78, 5) is -0.223. The molecule has 0 aliphatic carbocycles. The number of methoxy groups -OCH3 is 1. The van der Waals surface area contributed by atoms with Gasteiger partial charge in [0.05, 0.1) is 16.4 Å². The number of rotatable bonds is 7. The van der Waals surface area contributed by atoms with Crippen molar-refractivity contribution >= 4 is 20.0 Å². The van der Waals surface area contributed by atoms with E-state index in [4.69, 9.17) is 4.74 Å². The highest BCUT2D eigenvalue weighted by atomic mass is 32.2. The van der Waals surface area contributed by atoms with Crippen molar-refractivity contribution in [3.63, 3.8) is 0 Å². The first kappa shape index (κ1) is 17.1. The van der Waals surface area contributed by atoms with Gasteiger partial charge in [-0.2, -0.15) is 0 Å². The monoisotopic (exact) mass is 322 g/mol. The maximum absolute atomic E-state index is 12.1. The van der Waals surface area contributed by atoms with Crippen LogP contribution in [0.15, 0.2) is 34.1 Å². The Bertz CT molecular complexity index is 655. The second-order valence-electron chi connectivity index (χ2n) is 4.16. The molecule has 0 amide bonds. The normalized spacial score (nSPS) is 14.2. The Labute approximate surface area is 119 Å². The van der Waals surface area contributed by atoms with Crippen molar-refractivity contribution in [2.75, 3.05) is 20.8 Å². The Morgan fingerprint density at radius 2 is 1.70 bits per heavy atom. The van der Waals surface area contributed by atoms with E-state index in [1.54, 1.807) is 6.92 Å². The van der Waals surface area contributed by atoms with Crippen molar-refractivity contribution in [1.29, 1.82) is 0 Å². The van der Waals surface area contributed by atoms with Crippen LogP contribution in [-0.2, 0) is 24.8 Å². The third-order valence-electron chi connectivity index (χ3n) is 2.47. The fourth-order valence-corrected chi connectivity index (χ4v) is 3.67. The van der Waals surface area contributed by atoms with Crippen molar-refractivity contribution in [1.82, 2.24) is 9.44 Å². The van der Waals surface area contributed by atoms with Crippen molar-refractivity contribution in [3.8, 4) is 0 Å². The first-order chi connectivity index (χ1) is 9.23. The van der Waals surface area contributed by atoms with Gasteiger partial charge in [0.25, 0.3) is 0 Å². The molecule has 0 fully saturated rings. The van der Waals surface area contributed by atoms with E-state index in [0.29, 0.717) is 0 Å². The fraction of sp³-hybridized carbons (Fsp3) is 0.455. The Hall–Kier alpha value is -1.00. The Morgan fingerprint density at radius 1 is 1.15 bits per heavy atom. The van der Waals surface area contributed by atoms with E-state index < -0.39 is 26.1 Å². The average molecular weight is 322 g/mol. The molecule has 0 spiro atoms. The Balaban J connectivity index is 3.12. The molecule has 0 heterocycles. The maximum atomic E-state index is 12.1. The predicted octanol–water partition coefficient (Wildman–Crippen LogP) is -0.0921. The number of nitrogens with one attached hydrogen (secondary N) is 2. The highest BCUT2D eigenvalue weighted by molar-refractivity contribution is 7.90. The summed E-state index contributed by atoms with van der Waals surface area (Å²) in [6.45, 7) is 1.86. The maximum Gasteiger partial charge on any atom is 0.240 e. The zero-order valence-corrected chi connectivity index (χ0v) is 13.1. The zero-order valence-electron chi connectivity index (χ0n) is 11.5. The van der Waals surface area contributed by atoms with Crippen LogP contribution in [-0.4, -0.2) is 43.6 Å². The second-order valence-corrected chi connectivity index (χ2v) is 7.76. The van der Waals surface area contributed by atoms with Gasteiger partial charge in [0.1, 0.15) is 0 Å². The van der Waals surface area contributed by atoms with Crippen molar-refractivity contribution in [3.05, 3.63) is 24.3 Å². The first-order valence-corrected chi connectivity index (χ1v) is 8.74. The quantitative estimate of drug-likeness (QED) is 0.730. The minimum Gasteiger partial charge on any atom is -0.383 e. The lowest BCUT2D eigenvalue weighted by molar-refractivity contribution is 0.180. The standard InChI is InChI=1S/C11H18N2O5S2/c1-9(8-18-3)13-20(16,17)11-6-4-5-10(7-11)19(14,15)12-2/h4-7,9,12-13H,8H2,1-3H3/t9-/m0/s1. The van der Waals surface area contributed by atoms with E-state index >= 15 is 0 Å². The van der Waals surface area contributed by atoms with E-state index in [9.17, 15) is 16.8 Å². The van der Waals surface area contributed by atoms with Crippen LogP contribution < -0.4 is 9.44 Å². The molecule has 0 aromatic heterocycles. The molecule has 0 aliphatic rings. The molecule has 0 bridgehead atoms. The summed E-state index contributed by atoms with van der Waals surface area (Å²) in [6, 6.07) is 4.71. The van der Waals surface area contributed by atoms with Crippen LogP contribution in [0, 0.1) is 0 Å². The molecule has 1 aromatic carbocycles. The van der Waals surface area contributed by atoms with Gasteiger partial charge in [0.15, 0.2) is 0 Å². The van der Waals surface area contributed by atoms with Gasteiger partial charge in [0.2, 0.25) is 20.0 Å². The van der Waals surface area contributed by atoms with Crippen molar-refractivity contribution in [2.24, 2.45) is 0 Å². The molecule has 7 nitrogen and oxygen atoms in total. The third-order valence-corrected chi connectivity index (χ3v) is 5.47. The van der Waals surface area contributed by atoms with E-state index in [1.807, 2.05) is 0 Å². The zero-order chi connectivity index (χ0) is 15.4. The molecule has 0 saturated heterocycles. The summed E-state index contributed by atoms with van der Waals surface area (Å²) in [5.41, 5.74) is 0. The van der Waals surface area contributed by atoms with Gasteiger partial charge in [-0.3, -0.25) is 0 Å². The first-order valence-electron chi connectivity index (χ1n) is 5.78. The van der Waals surface area contributed by atoms with Gasteiger partial charge in [-0.15, -0.1) is 0 Å². The molecule has 0 radical (unpaired) electrons. The van der Waals surface area contributed by atoms with Gasteiger partial charge >= 0.3 is 0 Å². The molecule has 20 heavy (non-hydrogen) atoms. The summed E-state index contributed by atoms with van der Waals surface area (Å²) >= 11 is 0. The molecule has 0 aliphatic heterocycles. The minimum atomic E-state index is -3.79. The van der Waals surface area contributed by atoms with Crippen LogP contribution >= 0.6 is 0 Å². The van der Waals surface area contributed by atoms with Gasteiger partial charge in [-0.05, 0) is 32.2 Å². The van der Waals surface area contributed by atoms with Crippen LogP contribution in [0.4, 0.5) is 0 Å². The highest BCUT2D eigenvalue weighted by Gasteiger charge is 2.20. The van der Waals surface area contributed by atoms with Gasteiger partial charge in [0, 0.05) is 13.2 Å². The SMILES string of the molecule is CNS(=O)(=O)c1cccc(S(=O)(=O)N[C@@H](C)COC)c1. The lowest BCUT2D eigenvalue weighted by Crippen LogP contribution is -2.35. The summed E-state index contributed by atoms with van der Waals surface area (Å²) in [5, 5.41) is 0.